The molecule has 4 atom stereocenters. The van der Waals surface area contributed by atoms with Gasteiger partial charge >= 0.3 is 5.97 Å². The Kier molecular flexibility index (Phi) is 5.95. The van der Waals surface area contributed by atoms with Gasteiger partial charge in [-0.15, -0.1) is 11.8 Å². The van der Waals surface area contributed by atoms with E-state index < -0.39 is 18.0 Å². The number of β-lactam (4-membered cyclic amide) rings is 1. The molecular weight excluding hydrogens is 424 g/mol. The van der Waals surface area contributed by atoms with Gasteiger partial charge in [0.25, 0.3) is 7.98 Å². The molecule has 4 unspecified atom stereocenters. The summed E-state index contributed by atoms with van der Waals surface area (Å²) in [4.78, 5) is 36.0. The largest absolute Gasteiger partial charge is 0.393 e. The van der Waals surface area contributed by atoms with Crippen LogP contribution in [0.2, 0.25) is 0 Å². The Bertz CT molecular complexity index is 1060. The third kappa shape index (κ3) is 3.44. The first-order valence-corrected chi connectivity index (χ1v) is 11.2. The Morgan fingerprint density at radius 2 is 2.30 bits per heavy atom. The number of thioether (sulfide) groups is 1. The van der Waals surface area contributed by atoms with Crippen LogP contribution in [-0.4, -0.2) is 62.1 Å². The molecule has 2 aliphatic rings. The summed E-state index contributed by atoms with van der Waals surface area (Å²) >= 11 is 1.50. The number of hydrogen-bond acceptors (Lipinski definition) is 8. The molecule has 0 bridgehead atoms. The van der Waals surface area contributed by atoms with E-state index >= 15 is 0 Å². The summed E-state index contributed by atoms with van der Waals surface area (Å²) in [7, 11) is 5.04. The third-order valence-corrected chi connectivity index (χ3v) is 7.09. The molecule has 1 fully saturated rings. The number of hydrogen-bond donors (Lipinski definition) is 1. The minimum Gasteiger partial charge on any atom is -0.393 e. The van der Waals surface area contributed by atoms with Gasteiger partial charge in [-0.25, -0.2) is 9.78 Å². The fraction of sp³-hybridized carbons (Fsp3) is 0.444. The van der Waals surface area contributed by atoms with Crippen molar-refractivity contribution < 1.29 is 19.2 Å². The Hall–Kier alpha value is -2.23. The van der Waals surface area contributed by atoms with Gasteiger partial charge < -0.3 is 23.6 Å². The molecule has 9 nitrogen and oxygen atoms in total. The molecule has 2 aliphatic heterocycles. The smallest absolute Gasteiger partial charge is 0.365 e. The van der Waals surface area contributed by atoms with E-state index in [1.54, 1.807) is 25.5 Å². The minimum absolute atomic E-state index is 0.0321. The lowest BCUT2D eigenvalue weighted by Gasteiger charge is -2.46. The highest BCUT2D eigenvalue weighted by Crippen LogP contribution is 2.50. The maximum absolute atomic E-state index is 12.6. The van der Waals surface area contributed by atoms with E-state index in [0.29, 0.717) is 12.2 Å². The normalized spacial score (nSPS) is 24.4. The number of fused-ring (bicyclic) bond motifs is 2. The quantitative estimate of drug-likeness (QED) is 0.395. The van der Waals surface area contributed by atoms with Gasteiger partial charge in [-0.1, -0.05) is 6.92 Å². The van der Waals surface area contributed by atoms with Crippen molar-refractivity contribution in [1.82, 2.24) is 19.3 Å². The Balaban J connectivity index is 1.56. The first kappa shape index (κ1) is 21.0. The van der Waals surface area contributed by atoms with Crippen LogP contribution in [0.3, 0.4) is 0 Å². The van der Waals surface area contributed by atoms with E-state index in [4.69, 9.17) is 12.5 Å². The zero-order valence-corrected chi connectivity index (χ0v) is 18.1. The van der Waals surface area contributed by atoms with Gasteiger partial charge in [-0.2, -0.15) is 0 Å². The Labute approximate surface area is 180 Å². The number of carbonyl (C=O) groups excluding carboxylic acids is 2. The van der Waals surface area contributed by atoms with Crippen molar-refractivity contribution in [2.75, 3.05) is 5.75 Å². The molecule has 0 spiro atoms. The van der Waals surface area contributed by atoms with E-state index in [1.165, 1.54) is 16.7 Å². The molecule has 2 aromatic rings. The zero-order chi connectivity index (χ0) is 21.4. The highest BCUT2D eigenvalue weighted by molar-refractivity contribution is 8.03. The monoisotopic (exact) mass is 443 g/mol. The summed E-state index contributed by atoms with van der Waals surface area (Å²) < 4.78 is 10.3. The van der Waals surface area contributed by atoms with E-state index in [-0.39, 0.29) is 32.2 Å². The number of aromatic nitrogens is 3. The van der Waals surface area contributed by atoms with Crippen molar-refractivity contribution in [2.24, 2.45) is 16.5 Å². The molecule has 0 aromatic carbocycles. The lowest BCUT2D eigenvalue weighted by atomic mass is 9.79. The van der Waals surface area contributed by atoms with Crippen LogP contribution in [0.25, 0.3) is 5.52 Å². The predicted octanol–water partition coefficient (Wildman–Crippen LogP) is 1.75. The topological polar surface area (TPSA) is 109 Å². The van der Waals surface area contributed by atoms with Crippen molar-refractivity contribution in [3.05, 3.63) is 41.2 Å². The average molecular weight is 443 g/mol. The summed E-state index contributed by atoms with van der Waals surface area (Å²) in [6, 6.07) is -0.257. The summed E-state index contributed by atoms with van der Waals surface area (Å²) in [5.41, 5.74) is 1.14. The number of nitrogens with zero attached hydrogens (tertiary/aromatic N) is 5. The molecule has 0 saturated carbocycles. The number of aliphatic hydroxyl groups excluding tert-OH is 1. The number of rotatable bonds is 7. The minimum atomic E-state index is -0.787. The zero-order valence-electron chi connectivity index (χ0n) is 16.4. The second kappa shape index (κ2) is 8.49. The summed E-state index contributed by atoms with van der Waals surface area (Å²) in [5, 5.41) is 10.0. The maximum Gasteiger partial charge on any atom is 0.365 e. The highest BCUT2D eigenvalue weighted by Gasteiger charge is 2.60. The molecule has 4 heterocycles. The lowest BCUT2D eigenvalue weighted by molar-refractivity contribution is -0.162. The lowest BCUT2D eigenvalue weighted by Crippen LogP contribution is -2.63. The van der Waals surface area contributed by atoms with Crippen LogP contribution in [-0.2, 0) is 20.5 Å². The van der Waals surface area contributed by atoms with Crippen LogP contribution in [0, 0.1) is 11.8 Å². The van der Waals surface area contributed by atoms with Gasteiger partial charge in [-0.05, 0) is 6.92 Å². The van der Waals surface area contributed by atoms with E-state index in [0.717, 1.165) is 16.2 Å². The Morgan fingerprint density at radius 3 is 3.03 bits per heavy atom. The van der Waals surface area contributed by atoms with E-state index in [9.17, 15) is 14.7 Å². The van der Waals surface area contributed by atoms with Crippen molar-refractivity contribution in [3.63, 3.8) is 0 Å². The van der Waals surface area contributed by atoms with E-state index in [1.807, 2.05) is 17.5 Å². The Morgan fingerprint density at radius 1 is 1.50 bits per heavy atom. The van der Waals surface area contributed by atoms with Crippen molar-refractivity contribution in [1.29, 1.82) is 0 Å². The number of aliphatic hydroxyl groups is 1. The van der Waals surface area contributed by atoms with Crippen molar-refractivity contribution >= 4 is 45.7 Å². The predicted molar refractivity (Wildman–Crippen MR) is 112 cm³/mol. The molecule has 0 aliphatic carbocycles. The number of amides is 1. The molecule has 12 heteroatoms. The number of imidazole rings is 1. The van der Waals surface area contributed by atoms with Crippen LogP contribution in [0.1, 0.15) is 19.7 Å². The molecule has 154 valence electrons. The highest BCUT2D eigenvalue weighted by atomic mass is 32.2. The second-order valence-electron chi connectivity index (χ2n) is 7.19. The first-order valence-electron chi connectivity index (χ1n) is 9.41. The molecule has 1 N–H and O–H groups in total. The maximum atomic E-state index is 12.6. The van der Waals surface area contributed by atoms with Crippen LogP contribution in [0.5, 0.6) is 0 Å². The summed E-state index contributed by atoms with van der Waals surface area (Å²) in [6.45, 7) is 3.56. The van der Waals surface area contributed by atoms with Crippen LogP contribution < -0.4 is 0 Å². The summed E-state index contributed by atoms with van der Waals surface area (Å²) in [6.07, 6.45) is 6.94. The SMILES string of the molecule is [B]N=POC(=O)C1=C(SCCc2ncc3cnccn23)C(C)C2C(C(C)O)C(=O)N12. The fourth-order valence-corrected chi connectivity index (χ4v) is 5.59. The third-order valence-electron chi connectivity index (χ3n) is 5.47. The first-order chi connectivity index (χ1) is 14.5. The standard InChI is InChI=1S/C18H19BN5O4PS/c1-9-14-13(10(2)25)17(26)24(14)15(18(27)28-29-22-19)16(9)30-6-3-12-21-8-11-7-20-4-5-23(11)12/h4-5,7-10,13-14,25H,3,6H2,1-2H3. The van der Waals surface area contributed by atoms with Gasteiger partial charge in [0.2, 0.25) is 14.5 Å². The average Bonchev–Trinajstić information content (AvgIpc) is 3.24. The fourth-order valence-electron chi connectivity index (χ4n) is 4.15. The molecule has 2 aromatic heterocycles. The molecule has 4 rings (SSSR count). The van der Waals surface area contributed by atoms with Gasteiger partial charge in [0.15, 0.2) is 0 Å². The van der Waals surface area contributed by atoms with Crippen LogP contribution >= 0.6 is 20.4 Å². The van der Waals surface area contributed by atoms with E-state index in [2.05, 4.69) is 14.6 Å². The van der Waals surface area contributed by atoms with Crippen molar-refractivity contribution in [2.45, 2.75) is 32.4 Å². The molecule has 30 heavy (non-hydrogen) atoms. The second-order valence-corrected chi connectivity index (χ2v) is 8.90. The van der Waals surface area contributed by atoms with Crippen LogP contribution in [0.4, 0.5) is 0 Å². The van der Waals surface area contributed by atoms with Crippen molar-refractivity contribution in [3.8, 4) is 0 Å². The van der Waals surface area contributed by atoms with Gasteiger partial charge in [0.1, 0.15) is 11.5 Å². The van der Waals surface area contributed by atoms with Crippen LogP contribution in [0.15, 0.2) is 40.0 Å². The van der Waals surface area contributed by atoms with Gasteiger partial charge in [0.05, 0.1) is 36.0 Å². The number of carbonyl (C=O) groups is 2. The summed E-state index contributed by atoms with van der Waals surface area (Å²) in [5.74, 6) is 0.0149. The molecule has 2 radical (unpaired) electrons. The van der Waals surface area contributed by atoms with Gasteiger partial charge in [-0.3, -0.25) is 9.78 Å². The van der Waals surface area contributed by atoms with Gasteiger partial charge in [0, 0.05) is 35.4 Å². The molecule has 1 amide bonds. The molecular formula is C18H19BN5O4PS. The number of aryl methyl sites for hydroxylation is 1. The molecule has 1 saturated heterocycles.